The third kappa shape index (κ3) is 3.56. The molecule has 1 amide bonds. The van der Waals surface area contributed by atoms with Crippen molar-refractivity contribution in [1.82, 2.24) is 0 Å². The number of amides is 1. The second-order valence-corrected chi connectivity index (χ2v) is 4.92. The van der Waals surface area contributed by atoms with Gasteiger partial charge in [0.2, 0.25) is 5.91 Å². The van der Waals surface area contributed by atoms with Gasteiger partial charge in [0.05, 0.1) is 6.54 Å². The zero-order chi connectivity index (χ0) is 13.0. The highest BCUT2D eigenvalue weighted by molar-refractivity contribution is 9.10. The summed E-state index contributed by atoms with van der Waals surface area (Å²) < 4.78 is 0.825. The SMILES string of the molecule is CC(C)N(CC(N)=O)c1ccc(Br)cc1C=O. The number of carbonyl (C=O) groups is 2. The lowest BCUT2D eigenvalue weighted by atomic mass is 10.1. The van der Waals surface area contributed by atoms with Crippen LogP contribution < -0.4 is 10.6 Å². The van der Waals surface area contributed by atoms with Crippen LogP contribution in [0.15, 0.2) is 22.7 Å². The van der Waals surface area contributed by atoms with Crippen molar-refractivity contribution in [2.75, 3.05) is 11.4 Å². The third-order valence-corrected chi connectivity index (χ3v) is 2.87. The number of carbonyl (C=O) groups excluding carboxylic acids is 2. The summed E-state index contributed by atoms with van der Waals surface area (Å²) in [5.74, 6) is -0.418. The minimum atomic E-state index is -0.418. The average molecular weight is 299 g/mol. The van der Waals surface area contributed by atoms with Gasteiger partial charge in [-0.1, -0.05) is 15.9 Å². The second kappa shape index (κ2) is 5.82. The van der Waals surface area contributed by atoms with Gasteiger partial charge in [0.15, 0.2) is 6.29 Å². The Morgan fingerprint density at radius 1 is 1.53 bits per heavy atom. The molecule has 1 rings (SSSR count). The summed E-state index contributed by atoms with van der Waals surface area (Å²) in [7, 11) is 0. The molecule has 0 radical (unpaired) electrons. The van der Waals surface area contributed by atoms with Crippen LogP contribution in [0.1, 0.15) is 24.2 Å². The first kappa shape index (κ1) is 13.7. The van der Waals surface area contributed by atoms with Gasteiger partial charge < -0.3 is 10.6 Å². The molecular weight excluding hydrogens is 284 g/mol. The van der Waals surface area contributed by atoms with E-state index in [-0.39, 0.29) is 12.6 Å². The largest absolute Gasteiger partial charge is 0.368 e. The van der Waals surface area contributed by atoms with Crippen molar-refractivity contribution in [1.29, 1.82) is 0 Å². The van der Waals surface area contributed by atoms with Crippen LogP contribution in [0.2, 0.25) is 0 Å². The number of primary amides is 1. The molecule has 0 spiro atoms. The molecular formula is C12H15BrN2O2. The van der Waals surface area contributed by atoms with E-state index in [2.05, 4.69) is 15.9 Å². The number of halogens is 1. The molecule has 0 saturated heterocycles. The van der Waals surface area contributed by atoms with Gasteiger partial charge in [-0.3, -0.25) is 9.59 Å². The molecule has 0 bridgehead atoms. The Hall–Kier alpha value is -1.36. The standard InChI is InChI=1S/C12H15BrN2O2/c1-8(2)15(6-12(14)17)11-4-3-10(13)5-9(11)7-16/h3-5,7-8H,6H2,1-2H3,(H2,14,17). The number of benzene rings is 1. The van der Waals surface area contributed by atoms with Crippen molar-refractivity contribution >= 4 is 33.8 Å². The molecule has 17 heavy (non-hydrogen) atoms. The van der Waals surface area contributed by atoms with Crippen LogP contribution >= 0.6 is 15.9 Å². The van der Waals surface area contributed by atoms with Crippen LogP contribution in [-0.4, -0.2) is 24.8 Å². The van der Waals surface area contributed by atoms with E-state index in [4.69, 9.17) is 5.73 Å². The van der Waals surface area contributed by atoms with Crippen molar-refractivity contribution in [3.8, 4) is 0 Å². The first-order valence-corrected chi connectivity index (χ1v) is 6.04. The number of rotatable bonds is 5. The Balaban J connectivity index is 3.17. The van der Waals surface area contributed by atoms with Crippen molar-refractivity contribution in [2.24, 2.45) is 5.73 Å². The molecule has 2 N–H and O–H groups in total. The number of anilines is 1. The van der Waals surface area contributed by atoms with Crippen LogP contribution in [0, 0.1) is 0 Å². The van der Waals surface area contributed by atoms with E-state index in [0.717, 1.165) is 16.4 Å². The van der Waals surface area contributed by atoms with Crippen molar-refractivity contribution in [3.63, 3.8) is 0 Å². The summed E-state index contributed by atoms with van der Waals surface area (Å²) in [6.07, 6.45) is 0.774. The minimum Gasteiger partial charge on any atom is -0.368 e. The average Bonchev–Trinajstić information content (AvgIpc) is 2.25. The summed E-state index contributed by atoms with van der Waals surface area (Å²) in [6.45, 7) is 3.99. The fraction of sp³-hybridized carbons (Fsp3) is 0.333. The molecule has 0 saturated carbocycles. The zero-order valence-corrected chi connectivity index (χ0v) is 11.4. The van der Waals surface area contributed by atoms with E-state index in [1.165, 1.54) is 0 Å². The number of hydrogen-bond acceptors (Lipinski definition) is 3. The van der Waals surface area contributed by atoms with Crippen LogP contribution in [-0.2, 0) is 4.79 Å². The summed E-state index contributed by atoms with van der Waals surface area (Å²) in [5, 5.41) is 0. The molecule has 0 atom stereocenters. The fourth-order valence-electron chi connectivity index (χ4n) is 1.60. The molecule has 4 nitrogen and oxygen atoms in total. The van der Waals surface area contributed by atoms with Crippen LogP contribution in [0.5, 0.6) is 0 Å². The third-order valence-electron chi connectivity index (χ3n) is 2.38. The van der Waals surface area contributed by atoms with Gasteiger partial charge in [0, 0.05) is 21.8 Å². The topological polar surface area (TPSA) is 63.4 Å². The number of hydrogen-bond donors (Lipinski definition) is 1. The van der Waals surface area contributed by atoms with Crippen molar-refractivity contribution in [3.05, 3.63) is 28.2 Å². The van der Waals surface area contributed by atoms with E-state index in [1.807, 2.05) is 19.9 Å². The number of aldehydes is 1. The first-order chi connectivity index (χ1) is 7.95. The second-order valence-electron chi connectivity index (χ2n) is 4.01. The highest BCUT2D eigenvalue weighted by Crippen LogP contribution is 2.24. The molecule has 5 heteroatoms. The van der Waals surface area contributed by atoms with Gasteiger partial charge in [-0.25, -0.2) is 0 Å². The minimum absolute atomic E-state index is 0.0855. The van der Waals surface area contributed by atoms with E-state index in [0.29, 0.717) is 5.56 Å². The summed E-state index contributed by atoms with van der Waals surface area (Å²) >= 11 is 3.31. The maximum atomic E-state index is 11.0. The molecule has 0 fully saturated rings. The van der Waals surface area contributed by atoms with E-state index >= 15 is 0 Å². The Kier molecular flexibility index (Phi) is 4.69. The highest BCUT2D eigenvalue weighted by Gasteiger charge is 2.16. The monoisotopic (exact) mass is 298 g/mol. The molecule has 0 heterocycles. The lowest BCUT2D eigenvalue weighted by Gasteiger charge is -2.28. The molecule has 0 unspecified atom stereocenters. The molecule has 1 aromatic rings. The molecule has 0 aromatic heterocycles. The van der Waals surface area contributed by atoms with Gasteiger partial charge in [0.25, 0.3) is 0 Å². The molecule has 1 aromatic carbocycles. The fourth-order valence-corrected chi connectivity index (χ4v) is 1.97. The predicted octanol–water partition coefficient (Wildman–Crippen LogP) is 1.96. The highest BCUT2D eigenvalue weighted by atomic mass is 79.9. The van der Waals surface area contributed by atoms with Gasteiger partial charge in [-0.2, -0.15) is 0 Å². The molecule has 0 aliphatic rings. The molecule has 0 aliphatic heterocycles. The van der Waals surface area contributed by atoms with Crippen molar-refractivity contribution in [2.45, 2.75) is 19.9 Å². The van der Waals surface area contributed by atoms with Crippen LogP contribution in [0.3, 0.4) is 0 Å². The lowest BCUT2D eigenvalue weighted by Crippen LogP contribution is -2.39. The van der Waals surface area contributed by atoms with E-state index in [1.54, 1.807) is 17.0 Å². The summed E-state index contributed by atoms with van der Waals surface area (Å²) in [6, 6.07) is 5.44. The van der Waals surface area contributed by atoms with Gasteiger partial charge in [-0.05, 0) is 32.0 Å². The predicted molar refractivity (Wildman–Crippen MR) is 71.2 cm³/mol. The normalized spacial score (nSPS) is 10.4. The summed E-state index contributed by atoms with van der Waals surface area (Å²) in [5.41, 5.74) is 6.47. The lowest BCUT2D eigenvalue weighted by molar-refractivity contribution is -0.116. The Bertz CT molecular complexity index is 433. The maximum absolute atomic E-state index is 11.0. The Labute approximate surface area is 109 Å². The quantitative estimate of drug-likeness (QED) is 0.845. The zero-order valence-electron chi connectivity index (χ0n) is 9.81. The first-order valence-electron chi connectivity index (χ1n) is 5.25. The smallest absolute Gasteiger partial charge is 0.236 e. The van der Waals surface area contributed by atoms with Gasteiger partial charge in [-0.15, -0.1) is 0 Å². The van der Waals surface area contributed by atoms with Crippen LogP contribution in [0.4, 0.5) is 5.69 Å². The van der Waals surface area contributed by atoms with Gasteiger partial charge >= 0.3 is 0 Å². The number of nitrogens with two attached hydrogens (primary N) is 1. The van der Waals surface area contributed by atoms with E-state index in [9.17, 15) is 9.59 Å². The Morgan fingerprint density at radius 2 is 2.18 bits per heavy atom. The number of nitrogens with zero attached hydrogens (tertiary/aromatic N) is 1. The summed E-state index contributed by atoms with van der Waals surface area (Å²) in [4.78, 5) is 23.9. The maximum Gasteiger partial charge on any atom is 0.236 e. The molecule has 0 aliphatic carbocycles. The van der Waals surface area contributed by atoms with Crippen LogP contribution in [0.25, 0.3) is 0 Å². The Morgan fingerprint density at radius 3 is 2.65 bits per heavy atom. The van der Waals surface area contributed by atoms with E-state index < -0.39 is 5.91 Å². The molecule has 92 valence electrons. The van der Waals surface area contributed by atoms with Crippen molar-refractivity contribution < 1.29 is 9.59 Å². The van der Waals surface area contributed by atoms with Gasteiger partial charge in [0.1, 0.15) is 0 Å².